The van der Waals surface area contributed by atoms with E-state index < -0.39 is 0 Å². The maximum atomic E-state index is 6.08. The Morgan fingerprint density at radius 3 is 2.67 bits per heavy atom. The van der Waals surface area contributed by atoms with E-state index in [4.69, 9.17) is 11.6 Å². The Labute approximate surface area is 94.8 Å². The predicted molar refractivity (Wildman–Crippen MR) is 58.9 cm³/mol. The zero-order valence-corrected chi connectivity index (χ0v) is 9.74. The van der Waals surface area contributed by atoms with Crippen molar-refractivity contribution in [2.24, 2.45) is 11.8 Å². The van der Waals surface area contributed by atoms with Crippen molar-refractivity contribution in [3.05, 3.63) is 11.1 Å². The molecule has 2 aliphatic rings. The number of aromatic nitrogens is 3. The van der Waals surface area contributed by atoms with E-state index in [0.29, 0.717) is 11.2 Å². The molecule has 2 fully saturated rings. The van der Waals surface area contributed by atoms with Gasteiger partial charge in [-0.25, -0.2) is 0 Å². The second-order valence-electron chi connectivity index (χ2n) is 5.03. The highest BCUT2D eigenvalue weighted by molar-refractivity contribution is 6.28. The molecule has 1 unspecified atom stereocenters. The predicted octanol–water partition coefficient (Wildman–Crippen LogP) is 2.86. The standard InChI is InChI=1S/C11H16ClN3/c1-7(8-2-3-8)6-15-10(9-4-5-9)13-14-11(15)12/h7-9H,2-6H2,1H3. The minimum absolute atomic E-state index is 0.574. The summed E-state index contributed by atoms with van der Waals surface area (Å²) in [5.74, 6) is 3.38. The second-order valence-corrected chi connectivity index (χ2v) is 5.36. The van der Waals surface area contributed by atoms with E-state index in [1.165, 1.54) is 25.7 Å². The Kier molecular flexibility index (Phi) is 2.23. The van der Waals surface area contributed by atoms with Crippen LogP contribution in [-0.2, 0) is 6.54 Å². The van der Waals surface area contributed by atoms with E-state index in [1.807, 2.05) is 0 Å². The monoisotopic (exact) mass is 225 g/mol. The van der Waals surface area contributed by atoms with Gasteiger partial charge in [-0.05, 0) is 49.1 Å². The lowest BCUT2D eigenvalue weighted by molar-refractivity contribution is 0.422. The number of nitrogens with zero attached hydrogens (tertiary/aromatic N) is 3. The van der Waals surface area contributed by atoms with Crippen LogP contribution in [0.4, 0.5) is 0 Å². The summed E-state index contributed by atoms with van der Waals surface area (Å²) < 4.78 is 2.13. The molecule has 3 nitrogen and oxygen atoms in total. The summed E-state index contributed by atoms with van der Waals surface area (Å²) >= 11 is 6.08. The van der Waals surface area contributed by atoms with Gasteiger partial charge in [-0.3, -0.25) is 0 Å². The average Bonchev–Trinajstić information content (AvgIpc) is 3.10. The van der Waals surface area contributed by atoms with E-state index in [1.54, 1.807) is 0 Å². The first-order chi connectivity index (χ1) is 7.25. The molecule has 0 radical (unpaired) electrons. The summed E-state index contributed by atoms with van der Waals surface area (Å²) in [4.78, 5) is 0. The summed E-state index contributed by atoms with van der Waals surface area (Å²) in [6, 6.07) is 0. The van der Waals surface area contributed by atoms with Crippen molar-refractivity contribution in [2.45, 2.75) is 45.1 Å². The van der Waals surface area contributed by atoms with E-state index >= 15 is 0 Å². The number of rotatable bonds is 4. The summed E-state index contributed by atoms with van der Waals surface area (Å²) in [7, 11) is 0. The van der Waals surface area contributed by atoms with Gasteiger partial charge in [0.1, 0.15) is 5.82 Å². The van der Waals surface area contributed by atoms with Crippen LogP contribution in [0.5, 0.6) is 0 Å². The first-order valence-electron chi connectivity index (χ1n) is 5.84. The molecule has 82 valence electrons. The highest BCUT2D eigenvalue weighted by atomic mass is 35.5. The van der Waals surface area contributed by atoms with Crippen LogP contribution in [-0.4, -0.2) is 14.8 Å². The highest BCUT2D eigenvalue weighted by Crippen LogP contribution is 2.41. The molecule has 2 aliphatic carbocycles. The molecule has 0 aromatic carbocycles. The molecule has 1 aromatic heterocycles. The Hall–Kier alpha value is -0.570. The SMILES string of the molecule is CC(Cn1c(Cl)nnc1C1CC1)C1CC1. The molecule has 0 amide bonds. The molecule has 4 heteroatoms. The quantitative estimate of drug-likeness (QED) is 0.789. The third-order valence-electron chi connectivity index (χ3n) is 3.57. The molecule has 2 saturated carbocycles. The fourth-order valence-corrected chi connectivity index (χ4v) is 2.40. The lowest BCUT2D eigenvalue weighted by Crippen LogP contribution is -2.12. The Morgan fingerprint density at radius 2 is 2.07 bits per heavy atom. The molecule has 0 aliphatic heterocycles. The molecule has 3 rings (SSSR count). The summed E-state index contributed by atoms with van der Waals surface area (Å²) in [5.41, 5.74) is 0. The zero-order chi connectivity index (χ0) is 10.4. The van der Waals surface area contributed by atoms with Gasteiger partial charge in [0, 0.05) is 12.5 Å². The molecule has 0 spiro atoms. The van der Waals surface area contributed by atoms with Crippen molar-refractivity contribution in [2.75, 3.05) is 0 Å². The first-order valence-corrected chi connectivity index (χ1v) is 6.22. The minimum Gasteiger partial charge on any atom is -0.301 e. The molecule has 1 atom stereocenters. The summed E-state index contributed by atoms with van der Waals surface area (Å²) in [5, 5.41) is 8.75. The van der Waals surface area contributed by atoms with Gasteiger partial charge in [-0.2, -0.15) is 0 Å². The van der Waals surface area contributed by atoms with E-state index in [-0.39, 0.29) is 0 Å². The highest BCUT2D eigenvalue weighted by Gasteiger charge is 2.33. The number of halogens is 1. The van der Waals surface area contributed by atoms with E-state index in [2.05, 4.69) is 21.7 Å². The lowest BCUT2D eigenvalue weighted by atomic mass is 10.1. The largest absolute Gasteiger partial charge is 0.301 e. The van der Waals surface area contributed by atoms with Gasteiger partial charge in [0.05, 0.1) is 0 Å². The third-order valence-corrected chi connectivity index (χ3v) is 3.85. The summed E-state index contributed by atoms with van der Waals surface area (Å²) in [6.07, 6.45) is 5.29. The van der Waals surface area contributed by atoms with Crippen LogP contribution in [0.25, 0.3) is 0 Å². The molecular weight excluding hydrogens is 210 g/mol. The summed E-state index contributed by atoms with van der Waals surface area (Å²) in [6.45, 7) is 3.31. The van der Waals surface area contributed by atoms with E-state index in [0.717, 1.165) is 24.2 Å². The maximum Gasteiger partial charge on any atom is 0.225 e. The van der Waals surface area contributed by atoms with Crippen LogP contribution < -0.4 is 0 Å². The van der Waals surface area contributed by atoms with Crippen LogP contribution in [0, 0.1) is 11.8 Å². The van der Waals surface area contributed by atoms with Crippen molar-refractivity contribution in [1.82, 2.24) is 14.8 Å². The molecular formula is C11H16ClN3. The fourth-order valence-electron chi connectivity index (χ4n) is 2.21. The lowest BCUT2D eigenvalue weighted by Gasteiger charge is -2.13. The second kappa shape index (κ2) is 3.48. The normalized spacial score (nSPS) is 23.1. The van der Waals surface area contributed by atoms with Crippen molar-refractivity contribution < 1.29 is 0 Å². The van der Waals surface area contributed by atoms with E-state index in [9.17, 15) is 0 Å². The maximum absolute atomic E-state index is 6.08. The minimum atomic E-state index is 0.574. The van der Waals surface area contributed by atoms with Crippen molar-refractivity contribution in [3.8, 4) is 0 Å². The van der Waals surface area contributed by atoms with Gasteiger partial charge < -0.3 is 4.57 Å². The van der Waals surface area contributed by atoms with Gasteiger partial charge in [-0.1, -0.05) is 6.92 Å². The first kappa shape index (κ1) is 9.64. The van der Waals surface area contributed by atoms with Gasteiger partial charge >= 0.3 is 0 Å². The van der Waals surface area contributed by atoms with Gasteiger partial charge in [-0.15, -0.1) is 10.2 Å². The number of hydrogen-bond acceptors (Lipinski definition) is 2. The molecule has 1 heterocycles. The Morgan fingerprint density at radius 1 is 1.33 bits per heavy atom. The smallest absolute Gasteiger partial charge is 0.225 e. The van der Waals surface area contributed by atoms with Crippen LogP contribution in [0.2, 0.25) is 5.28 Å². The van der Waals surface area contributed by atoms with Crippen molar-refractivity contribution in [1.29, 1.82) is 0 Å². The molecule has 15 heavy (non-hydrogen) atoms. The number of hydrogen-bond donors (Lipinski definition) is 0. The average molecular weight is 226 g/mol. The van der Waals surface area contributed by atoms with Crippen LogP contribution in [0.3, 0.4) is 0 Å². The van der Waals surface area contributed by atoms with Crippen LogP contribution >= 0.6 is 11.6 Å². The fraction of sp³-hybridized carbons (Fsp3) is 0.818. The molecule has 0 N–H and O–H groups in total. The zero-order valence-electron chi connectivity index (χ0n) is 8.99. The molecule has 0 bridgehead atoms. The molecule has 1 aromatic rings. The Bertz CT molecular complexity index is 366. The van der Waals surface area contributed by atoms with Crippen molar-refractivity contribution >= 4 is 11.6 Å². The van der Waals surface area contributed by atoms with Crippen LogP contribution in [0.1, 0.15) is 44.3 Å². The van der Waals surface area contributed by atoms with Gasteiger partial charge in [0.25, 0.3) is 0 Å². The van der Waals surface area contributed by atoms with Gasteiger partial charge in [0.15, 0.2) is 0 Å². The molecule has 0 saturated heterocycles. The third kappa shape index (κ3) is 1.89. The van der Waals surface area contributed by atoms with Gasteiger partial charge in [0.2, 0.25) is 5.28 Å². The van der Waals surface area contributed by atoms with Crippen molar-refractivity contribution in [3.63, 3.8) is 0 Å². The van der Waals surface area contributed by atoms with Crippen LogP contribution in [0.15, 0.2) is 0 Å². The topological polar surface area (TPSA) is 30.7 Å². The Balaban J connectivity index is 1.78.